The Balaban J connectivity index is 2.75. The second-order valence-corrected chi connectivity index (χ2v) is 4.58. The monoisotopic (exact) mass is 200 g/mol. The van der Waals surface area contributed by atoms with Crippen LogP contribution in [0.2, 0.25) is 0 Å². The fourth-order valence-electron chi connectivity index (χ4n) is 0.893. The van der Waals surface area contributed by atoms with E-state index in [-0.39, 0.29) is 21.7 Å². The normalized spacial score (nSPS) is 10.1. The first-order chi connectivity index (χ1) is 6.09. The van der Waals surface area contributed by atoms with E-state index in [2.05, 4.69) is 17.2 Å². The quantitative estimate of drug-likeness (QED) is 0.576. The summed E-state index contributed by atoms with van der Waals surface area (Å²) in [6, 6.07) is 6.62. The summed E-state index contributed by atoms with van der Waals surface area (Å²) in [5.74, 6) is 0. The van der Waals surface area contributed by atoms with Crippen LogP contribution in [0.1, 0.15) is 0 Å². The third-order valence-corrected chi connectivity index (χ3v) is 2.05. The second-order valence-electron chi connectivity index (χ2n) is 2.74. The lowest BCUT2D eigenvalue weighted by molar-refractivity contribution is -0.729. The van der Waals surface area contributed by atoms with Gasteiger partial charge in [0.25, 0.3) is 4.92 Å². The molecule has 13 heavy (non-hydrogen) atoms. The van der Waals surface area contributed by atoms with E-state index in [9.17, 15) is 4.91 Å². The Hall–Kier alpha value is -1.23. The maximum absolute atomic E-state index is 10.4. The van der Waals surface area contributed by atoms with Gasteiger partial charge in [-0.05, 0) is 12.1 Å². The third kappa shape index (κ3) is 2.95. The number of nitrogens with zero attached hydrogens (tertiary/aromatic N) is 1. The molecule has 1 aromatic carbocycles. The molecule has 1 aromatic rings. The zero-order valence-electron chi connectivity index (χ0n) is 7.52. The van der Waals surface area contributed by atoms with Crippen molar-refractivity contribution in [2.75, 3.05) is 17.2 Å². The summed E-state index contributed by atoms with van der Waals surface area (Å²) in [4.78, 5) is 10.3. The molecule has 0 aliphatic heterocycles. The van der Waals surface area contributed by atoms with E-state index in [0.29, 0.717) is 0 Å². The molecule has 0 saturated heterocycles. The molecule has 0 radical (unpaired) electrons. The molecule has 0 bridgehead atoms. The highest BCUT2D eigenvalue weighted by atomic mass is 32.2. The number of rotatable bonds is 3. The summed E-state index contributed by atoms with van der Waals surface area (Å²) in [5.41, 5.74) is 1.18. The van der Waals surface area contributed by atoms with Crippen LogP contribution in [0.15, 0.2) is 24.3 Å². The highest BCUT2D eigenvalue weighted by molar-refractivity contribution is 7.96. The lowest BCUT2D eigenvalue weighted by Gasteiger charge is -1.99. The summed E-state index contributed by atoms with van der Waals surface area (Å²) in [6.07, 6.45) is 4.11. The molecule has 5 heteroatoms. The molecule has 70 valence electrons. The van der Waals surface area contributed by atoms with Gasteiger partial charge in [-0.1, -0.05) is 0 Å². The average Bonchev–Trinajstić information content (AvgIpc) is 2.04. The van der Waals surface area contributed by atoms with E-state index in [1.165, 1.54) is 0 Å². The summed E-state index contributed by atoms with van der Waals surface area (Å²) in [7, 11) is 0. The van der Waals surface area contributed by atoms with E-state index in [0.717, 1.165) is 5.69 Å². The van der Waals surface area contributed by atoms with Crippen molar-refractivity contribution in [3.8, 4) is 0 Å². The van der Waals surface area contributed by atoms with E-state index < -0.39 is 0 Å². The summed E-state index contributed by atoms with van der Waals surface area (Å²) in [5, 5.41) is 8.56. The molecule has 0 amide bonds. The second kappa shape index (κ2) is 4.13. The minimum atomic E-state index is -0.151. The Morgan fingerprint density at radius 3 is 2.23 bits per heavy atom. The van der Waals surface area contributed by atoms with Crippen LogP contribution >= 0.6 is 0 Å². The minimum absolute atomic E-state index is 0.112. The molecule has 0 saturated carbocycles. The molecule has 0 aliphatic rings. The molecule has 1 rings (SSSR count). The smallest absolute Gasteiger partial charge is 0.241 e. The predicted octanol–water partition coefficient (Wildman–Crippen LogP) is 1.69. The Labute approximate surface area is 79.6 Å². The van der Waals surface area contributed by atoms with Gasteiger partial charge in [-0.25, -0.2) is 9.93 Å². The average molecular weight is 200 g/mol. The highest BCUT2D eigenvalue weighted by Gasteiger charge is 2.11. The molecule has 0 unspecified atom stereocenters. The van der Waals surface area contributed by atoms with E-state index in [4.69, 9.17) is 5.21 Å². The maximum Gasteiger partial charge on any atom is 0.316 e. The van der Waals surface area contributed by atoms with Gasteiger partial charge in [-0.3, -0.25) is 0 Å². The van der Waals surface area contributed by atoms with Gasteiger partial charge >= 0.3 is 5.69 Å². The van der Waals surface area contributed by atoms with Gasteiger partial charge in [0, 0.05) is 12.1 Å². The van der Waals surface area contributed by atoms with Gasteiger partial charge < -0.3 is 0 Å². The van der Waals surface area contributed by atoms with Gasteiger partial charge in [0.2, 0.25) is 0 Å². The largest absolute Gasteiger partial charge is 0.316 e. The van der Waals surface area contributed by atoms with E-state index in [1.54, 1.807) is 24.3 Å². The Morgan fingerprint density at radius 2 is 1.85 bits per heavy atom. The number of hydrogen-bond acceptors (Lipinski definition) is 2. The zero-order chi connectivity index (χ0) is 9.84. The number of hydrogen-bond donors (Lipinski definition) is 2. The van der Waals surface area contributed by atoms with Crippen molar-refractivity contribution >= 4 is 22.5 Å². The van der Waals surface area contributed by atoms with Crippen LogP contribution in [0.4, 0.5) is 11.4 Å². The summed E-state index contributed by atoms with van der Waals surface area (Å²) < 4.78 is 3.20. The standard InChI is InChI=1S/C8H12N2O2S/c1-13(2)9-7-3-5-8(6-4-7)10(11)12/h3-6,9H,1-2H3,(H,11,12)/q+2. The van der Waals surface area contributed by atoms with Crippen molar-refractivity contribution in [3.05, 3.63) is 29.2 Å². The van der Waals surface area contributed by atoms with Crippen molar-refractivity contribution in [1.82, 2.24) is 0 Å². The topological polar surface area (TPSA) is 52.3 Å². The molecule has 0 spiro atoms. The molecule has 4 nitrogen and oxygen atoms in total. The molecule has 0 fully saturated rings. The summed E-state index contributed by atoms with van der Waals surface area (Å²) >= 11 is 0.112. The van der Waals surface area contributed by atoms with Crippen LogP contribution in [0.5, 0.6) is 0 Å². The van der Waals surface area contributed by atoms with Crippen molar-refractivity contribution in [2.45, 2.75) is 0 Å². The Bertz CT molecular complexity index is 298. The van der Waals surface area contributed by atoms with Gasteiger partial charge in [-0.15, -0.1) is 0 Å². The van der Waals surface area contributed by atoms with Crippen molar-refractivity contribution < 1.29 is 10.1 Å². The fraction of sp³-hybridized carbons (Fsp3) is 0.250. The fourth-order valence-corrected chi connectivity index (χ4v) is 1.50. The molecule has 0 atom stereocenters. The first-order valence-electron chi connectivity index (χ1n) is 3.70. The molecule has 0 aromatic heterocycles. The lowest BCUT2D eigenvalue weighted by atomic mass is 10.3. The predicted molar refractivity (Wildman–Crippen MR) is 54.4 cm³/mol. The van der Waals surface area contributed by atoms with Gasteiger partial charge in [0.15, 0.2) is 0 Å². The lowest BCUT2D eigenvalue weighted by Crippen LogP contribution is -2.08. The Kier molecular flexibility index (Phi) is 3.13. The van der Waals surface area contributed by atoms with Crippen molar-refractivity contribution in [3.63, 3.8) is 0 Å². The van der Waals surface area contributed by atoms with E-state index in [1.807, 2.05) is 0 Å². The third-order valence-electron chi connectivity index (χ3n) is 1.41. The maximum atomic E-state index is 10.4. The Morgan fingerprint density at radius 1 is 1.31 bits per heavy atom. The van der Waals surface area contributed by atoms with Crippen LogP contribution in [0, 0.1) is 4.91 Å². The highest BCUT2D eigenvalue weighted by Crippen LogP contribution is 2.15. The van der Waals surface area contributed by atoms with Crippen molar-refractivity contribution in [1.29, 1.82) is 0 Å². The molecular weight excluding hydrogens is 188 g/mol. The number of benzene rings is 1. The van der Waals surface area contributed by atoms with Crippen LogP contribution in [-0.4, -0.2) is 22.6 Å². The molecule has 0 heterocycles. The van der Waals surface area contributed by atoms with E-state index >= 15 is 0 Å². The minimum Gasteiger partial charge on any atom is -0.241 e. The molecular formula is C8H12N2O2S+2. The van der Waals surface area contributed by atoms with Crippen LogP contribution in [0.3, 0.4) is 0 Å². The first kappa shape index (κ1) is 9.85. The van der Waals surface area contributed by atoms with Gasteiger partial charge in [0.05, 0.1) is 21.7 Å². The molecule has 0 aliphatic carbocycles. The number of nitrogens with one attached hydrogen (secondary N) is 1. The van der Waals surface area contributed by atoms with Crippen molar-refractivity contribution in [2.24, 2.45) is 0 Å². The van der Waals surface area contributed by atoms with Crippen LogP contribution in [0.25, 0.3) is 0 Å². The van der Waals surface area contributed by atoms with Crippen LogP contribution < -0.4 is 4.72 Å². The first-order valence-corrected chi connectivity index (χ1v) is 5.74. The van der Waals surface area contributed by atoms with Gasteiger partial charge in [-0.2, -0.15) is 0 Å². The van der Waals surface area contributed by atoms with Gasteiger partial charge in [0.1, 0.15) is 12.5 Å². The summed E-state index contributed by atoms with van der Waals surface area (Å²) in [6.45, 7) is 0. The van der Waals surface area contributed by atoms with Crippen LogP contribution in [-0.2, 0) is 11.1 Å². The SMILES string of the molecule is C[S+](C)Nc1ccc([N+](=O)O)cc1. The molecule has 2 N–H and O–H groups in total. The number of anilines is 1. The zero-order valence-corrected chi connectivity index (χ0v) is 8.34.